The van der Waals surface area contributed by atoms with Gasteiger partial charge >= 0.3 is 0 Å². The van der Waals surface area contributed by atoms with E-state index in [-0.39, 0.29) is 17.0 Å². The molecule has 0 bridgehead atoms. The Hall–Kier alpha value is -0.0600. The van der Waals surface area contributed by atoms with Crippen molar-refractivity contribution in [2.24, 2.45) is 4.99 Å². The van der Waals surface area contributed by atoms with E-state index in [1.807, 2.05) is 11.0 Å². The molecule has 0 radical (unpaired) electrons. The number of ether oxygens (including phenoxy) is 1. The molecule has 0 unspecified atom stereocenters. The van der Waals surface area contributed by atoms with Crippen LogP contribution in [0, 0.1) is 0 Å². The molecule has 0 aromatic heterocycles. The van der Waals surface area contributed by atoms with Gasteiger partial charge in [0.2, 0.25) is 0 Å². The van der Waals surface area contributed by atoms with Gasteiger partial charge in [0, 0.05) is 13.7 Å². The molecule has 0 atom stereocenters. The molecule has 64 valence electrons. The van der Waals surface area contributed by atoms with Crippen LogP contribution in [0.1, 0.15) is 0 Å². The number of hydrogen-bond donors (Lipinski definition) is 0. The zero-order valence-corrected chi connectivity index (χ0v) is 8.63. The SMILES string of the molecule is Br.COCN1C=NC(Cl)=CC1. The molecule has 5 heteroatoms. The zero-order chi connectivity index (χ0) is 7.40. The van der Waals surface area contributed by atoms with Crippen LogP contribution >= 0.6 is 28.6 Å². The Morgan fingerprint density at radius 2 is 2.55 bits per heavy atom. The Labute approximate surface area is 81.5 Å². The predicted molar refractivity (Wildman–Crippen MR) is 51.3 cm³/mol. The number of halogens is 2. The van der Waals surface area contributed by atoms with Crippen LogP contribution in [0.15, 0.2) is 16.2 Å². The van der Waals surface area contributed by atoms with Crippen molar-refractivity contribution in [2.75, 3.05) is 20.4 Å². The molecule has 0 N–H and O–H groups in total. The summed E-state index contributed by atoms with van der Waals surface area (Å²) in [6.45, 7) is 1.33. The van der Waals surface area contributed by atoms with Crippen LogP contribution in [0.25, 0.3) is 0 Å². The van der Waals surface area contributed by atoms with Gasteiger partial charge in [0.15, 0.2) is 0 Å². The summed E-state index contributed by atoms with van der Waals surface area (Å²) in [5.74, 6) is 0. The summed E-state index contributed by atoms with van der Waals surface area (Å²) in [5.41, 5.74) is 0. The number of aliphatic imine (C=N–C) groups is 1. The van der Waals surface area contributed by atoms with Crippen molar-refractivity contribution >= 4 is 34.9 Å². The second-order valence-corrected chi connectivity index (χ2v) is 2.35. The number of methoxy groups -OCH3 is 1. The van der Waals surface area contributed by atoms with E-state index in [0.717, 1.165) is 6.54 Å². The Morgan fingerprint density at radius 1 is 1.82 bits per heavy atom. The summed E-state index contributed by atoms with van der Waals surface area (Å²) < 4.78 is 4.88. The molecule has 3 nitrogen and oxygen atoms in total. The van der Waals surface area contributed by atoms with Crippen molar-refractivity contribution in [3.05, 3.63) is 11.2 Å². The largest absolute Gasteiger partial charge is 0.364 e. The fourth-order valence-electron chi connectivity index (χ4n) is 0.681. The number of rotatable bonds is 2. The first-order chi connectivity index (χ1) is 4.83. The Bertz CT molecular complexity index is 172. The van der Waals surface area contributed by atoms with Gasteiger partial charge in [0.05, 0.1) is 6.34 Å². The fourth-order valence-corrected chi connectivity index (χ4v) is 0.794. The van der Waals surface area contributed by atoms with E-state index in [1.54, 1.807) is 13.4 Å². The fraction of sp³-hybridized carbons (Fsp3) is 0.500. The van der Waals surface area contributed by atoms with Gasteiger partial charge in [-0.05, 0) is 6.08 Å². The van der Waals surface area contributed by atoms with E-state index in [0.29, 0.717) is 11.9 Å². The molecule has 0 aromatic carbocycles. The minimum Gasteiger partial charge on any atom is -0.364 e. The summed E-state index contributed by atoms with van der Waals surface area (Å²) in [5, 5.41) is 0.548. The van der Waals surface area contributed by atoms with Crippen LogP contribution in [0.3, 0.4) is 0 Å². The lowest BCUT2D eigenvalue weighted by Crippen LogP contribution is -2.26. The van der Waals surface area contributed by atoms with Crippen LogP contribution in [0.5, 0.6) is 0 Å². The highest BCUT2D eigenvalue weighted by molar-refractivity contribution is 8.93. The number of hydrogen-bond acceptors (Lipinski definition) is 3. The maximum absolute atomic E-state index is 5.58. The average Bonchev–Trinajstić information content (AvgIpc) is 1.95. The minimum absolute atomic E-state index is 0. The third kappa shape index (κ3) is 3.74. The topological polar surface area (TPSA) is 24.8 Å². The van der Waals surface area contributed by atoms with Crippen molar-refractivity contribution in [1.29, 1.82) is 0 Å². The van der Waals surface area contributed by atoms with E-state index >= 15 is 0 Å². The highest BCUT2D eigenvalue weighted by atomic mass is 79.9. The van der Waals surface area contributed by atoms with E-state index < -0.39 is 0 Å². The summed E-state index contributed by atoms with van der Waals surface area (Å²) in [7, 11) is 1.65. The second kappa shape index (κ2) is 5.57. The Balaban J connectivity index is 0.000001000. The van der Waals surface area contributed by atoms with E-state index in [2.05, 4.69) is 4.99 Å². The summed E-state index contributed by atoms with van der Waals surface area (Å²) in [6, 6.07) is 0. The van der Waals surface area contributed by atoms with Gasteiger partial charge in [-0.25, -0.2) is 4.99 Å². The monoisotopic (exact) mass is 240 g/mol. The van der Waals surface area contributed by atoms with E-state index in [4.69, 9.17) is 16.3 Å². The highest BCUT2D eigenvalue weighted by Gasteiger charge is 2.01. The zero-order valence-electron chi connectivity index (χ0n) is 6.16. The second-order valence-electron chi connectivity index (χ2n) is 1.96. The van der Waals surface area contributed by atoms with Crippen LogP contribution in [0.2, 0.25) is 0 Å². The molecule has 11 heavy (non-hydrogen) atoms. The average molecular weight is 242 g/mol. The maximum Gasteiger partial charge on any atom is 0.128 e. The molecule has 0 saturated heterocycles. The van der Waals surface area contributed by atoms with Gasteiger partial charge in [-0.2, -0.15) is 0 Å². The van der Waals surface area contributed by atoms with Crippen LogP contribution in [0.4, 0.5) is 0 Å². The summed E-state index contributed by atoms with van der Waals surface area (Å²) in [4.78, 5) is 5.79. The molecular weight excluding hydrogens is 231 g/mol. The lowest BCUT2D eigenvalue weighted by molar-refractivity contribution is 0.118. The molecule has 0 saturated carbocycles. The molecule has 0 fully saturated rings. The first-order valence-electron chi connectivity index (χ1n) is 2.96. The highest BCUT2D eigenvalue weighted by Crippen LogP contribution is 2.06. The third-order valence-corrected chi connectivity index (χ3v) is 1.39. The molecule has 1 heterocycles. The quantitative estimate of drug-likeness (QED) is 0.686. The van der Waals surface area contributed by atoms with Crippen molar-refractivity contribution in [3.8, 4) is 0 Å². The molecule has 0 aromatic rings. The summed E-state index contributed by atoms with van der Waals surface area (Å²) >= 11 is 5.58. The van der Waals surface area contributed by atoms with Gasteiger partial charge in [0.25, 0.3) is 0 Å². The molecule has 0 amide bonds. The van der Waals surface area contributed by atoms with Crippen LogP contribution in [-0.2, 0) is 4.74 Å². The third-order valence-electron chi connectivity index (χ3n) is 1.13. The van der Waals surface area contributed by atoms with Gasteiger partial charge in [0.1, 0.15) is 11.9 Å². The molecule has 1 aliphatic heterocycles. The molecule has 1 aliphatic rings. The standard InChI is InChI=1S/C6H9ClN2O.BrH/c1-10-5-9-3-2-6(7)8-4-9;/h2,4H,3,5H2,1H3;1H. The van der Waals surface area contributed by atoms with E-state index in [1.165, 1.54) is 0 Å². The first kappa shape index (κ1) is 10.9. The van der Waals surface area contributed by atoms with Crippen LogP contribution < -0.4 is 0 Å². The maximum atomic E-state index is 5.58. The van der Waals surface area contributed by atoms with Crippen molar-refractivity contribution in [2.45, 2.75) is 0 Å². The van der Waals surface area contributed by atoms with Gasteiger partial charge in [-0.1, -0.05) is 11.6 Å². The molecular formula is C6H10BrClN2O. The van der Waals surface area contributed by atoms with Crippen LogP contribution in [-0.4, -0.2) is 31.6 Å². The van der Waals surface area contributed by atoms with Crippen molar-refractivity contribution in [1.82, 2.24) is 4.90 Å². The minimum atomic E-state index is 0. The Morgan fingerprint density at radius 3 is 3.00 bits per heavy atom. The van der Waals surface area contributed by atoms with Gasteiger partial charge in [-0.3, -0.25) is 0 Å². The first-order valence-corrected chi connectivity index (χ1v) is 3.33. The lowest BCUT2D eigenvalue weighted by Gasteiger charge is -2.18. The van der Waals surface area contributed by atoms with E-state index in [9.17, 15) is 0 Å². The van der Waals surface area contributed by atoms with Crippen molar-refractivity contribution in [3.63, 3.8) is 0 Å². The molecule has 1 rings (SSSR count). The lowest BCUT2D eigenvalue weighted by atomic mass is 10.5. The molecule has 0 spiro atoms. The normalized spacial score (nSPS) is 15.8. The van der Waals surface area contributed by atoms with Crippen molar-refractivity contribution < 1.29 is 4.74 Å². The Kier molecular flexibility index (Phi) is 5.54. The number of nitrogens with zero attached hydrogens (tertiary/aromatic N) is 2. The predicted octanol–water partition coefficient (Wildman–Crippen LogP) is 1.59. The summed E-state index contributed by atoms with van der Waals surface area (Å²) in [6.07, 6.45) is 3.51. The smallest absolute Gasteiger partial charge is 0.128 e. The molecule has 0 aliphatic carbocycles. The van der Waals surface area contributed by atoms with Gasteiger partial charge in [-0.15, -0.1) is 17.0 Å². The van der Waals surface area contributed by atoms with Gasteiger partial charge < -0.3 is 9.64 Å².